The van der Waals surface area contributed by atoms with E-state index in [2.05, 4.69) is 30.9 Å². The number of H-pyrrole nitrogens is 1. The Hall–Kier alpha value is -1.63. The van der Waals surface area contributed by atoms with Crippen LogP contribution in [-0.4, -0.2) is 16.8 Å². The van der Waals surface area contributed by atoms with Crippen LogP contribution in [0.2, 0.25) is 0 Å². The average molecular weight is 270 g/mol. The van der Waals surface area contributed by atoms with Crippen LogP contribution in [-0.2, 0) is 9.59 Å². The van der Waals surface area contributed by atoms with Crippen LogP contribution in [0.5, 0.6) is 0 Å². The summed E-state index contributed by atoms with van der Waals surface area (Å²) in [5.41, 5.74) is -0.0165. The number of carbonyl (C=O) groups excluding carboxylic acids is 2. The molecule has 0 aromatic carbocycles. The summed E-state index contributed by atoms with van der Waals surface area (Å²) in [6.07, 6.45) is 0. The maximum atomic E-state index is 11.6. The van der Waals surface area contributed by atoms with Crippen molar-refractivity contribution in [3.8, 4) is 0 Å². The quantitative estimate of drug-likeness (QED) is 0.471. The fourth-order valence-electron chi connectivity index (χ4n) is 1.13. The number of nitrogens with one attached hydrogen (secondary N) is 1. The van der Waals surface area contributed by atoms with Crippen LogP contribution in [0.3, 0.4) is 0 Å². The van der Waals surface area contributed by atoms with Crippen LogP contribution in [0.1, 0.15) is 5.56 Å². The van der Waals surface area contributed by atoms with E-state index in [0.29, 0.717) is 10.2 Å². The minimum Gasteiger partial charge on any atom is -0.332 e. The van der Waals surface area contributed by atoms with E-state index < -0.39 is 17.2 Å². The average Bonchev–Trinajstić information content (AvgIpc) is 2.19. The summed E-state index contributed by atoms with van der Waals surface area (Å²) in [6.45, 7) is 1.57. The normalized spacial score (nSPS) is 14.3. The number of hydrogen-bond acceptors (Lipinski definition) is 3. The molecule has 1 aromatic heterocycles. The molecule has 1 aliphatic heterocycles. The number of aromatic amines is 1. The van der Waals surface area contributed by atoms with E-state index in [1.165, 1.54) is 0 Å². The van der Waals surface area contributed by atoms with Gasteiger partial charge in [-0.3, -0.25) is 14.4 Å². The van der Waals surface area contributed by atoms with Crippen LogP contribution in [0.4, 0.5) is 0 Å². The van der Waals surface area contributed by atoms with E-state index in [4.69, 9.17) is 0 Å². The lowest BCUT2D eigenvalue weighted by Gasteiger charge is -2.00. The first-order chi connectivity index (χ1) is 7.00. The first-order valence-corrected chi connectivity index (χ1v) is 4.74. The van der Waals surface area contributed by atoms with Crippen LogP contribution < -0.4 is 16.3 Å². The van der Waals surface area contributed by atoms with Crippen molar-refractivity contribution < 1.29 is 9.59 Å². The molecule has 2 rings (SSSR count). The number of rotatable bonds is 0. The summed E-state index contributed by atoms with van der Waals surface area (Å²) in [4.78, 5) is 42.9. The van der Waals surface area contributed by atoms with Crippen molar-refractivity contribution >= 4 is 27.7 Å². The molecule has 0 bridgehead atoms. The highest BCUT2D eigenvalue weighted by Crippen LogP contribution is 2.03. The molecule has 0 atom stereocenters. The molecular formula is C8H4BrN3O3. The smallest absolute Gasteiger partial charge is 0.332 e. The predicted octanol–water partition coefficient (Wildman–Crippen LogP) is -1.25. The molecule has 0 spiro atoms. The van der Waals surface area contributed by atoms with E-state index in [1.807, 2.05) is 0 Å². The molecule has 1 aromatic rings. The lowest BCUT2D eigenvalue weighted by atomic mass is 10.3. The van der Waals surface area contributed by atoms with Gasteiger partial charge in [-0.25, -0.2) is 0 Å². The molecule has 0 aliphatic carbocycles. The second-order valence-electron chi connectivity index (χ2n) is 2.92. The van der Waals surface area contributed by atoms with Gasteiger partial charge in [-0.2, -0.15) is 9.98 Å². The molecule has 2 heterocycles. The van der Waals surface area contributed by atoms with Crippen LogP contribution in [0.15, 0.2) is 19.4 Å². The Morgan fingerprint density at radius 1 is 1.13 bits per heavy atom. The van der Waals surface area contributed by atoms with Gasteiger partial charge in [0.15, 0.2) is 10.8 Å². The summed E-state index contributed by atoms with van der Waals surface area (Å²) >= 11 is 3.11. The number of pyridine rings is 1. The lowest BCUT2D eigenvalue weighted by molar-refractivity contribution is -0.135. The summed E-state index contributed by atoms with van der Waals surface area (Å²) in [5, 5.41) is -0.111. The van der Waals surface area contributed by atoms with Crippen molar-refractivity contribution in [1.29, 1.82) is 0 Å². The molecule has 15 heavy (non-hydrogen) atoms. The van der Waals surface area contributed by atoms with Gasteiger partial charge in [-0.15, -0.1) is 0 Å². The third-order valence-corrected chi connectivity index (χ3v) is 2.74. The summed E-state index contributed by atoms with van der Waals surface area (Å²) in [5.74, 6) is -2.00. The van der Waals surface area contributed by atoms with Gasteiger partial charge >= 0.3 is 11.8 Å². The SMILES string of the molecule is Cc1c(Br)[nH]c2c(c1=O)=NC(=O)C(=O)N=2. The Kier molecular flexibility index (Phi) is 2.11. The van der Waals surface area contributed by atoms with Crippen molar-refractivity contribution in [1.82, 2.24) is 4.98 Å². The fourth-order valence-corrected chi connectivity index (χ4v) is 1.49. The lowest BCUT2D eigenvalue weighted by Crippen LogP contribution is -2.47. The van der Waals surface area contributed by atoms with Crippen LogP contribution in [0.25, 0.3) is 0 Å². The summed E-state index contributed by atoms with van der Waals surface area (Å²) in [7, 11) is 0. The number of aromatic nitrogens is 1. The van der Waals surface area contributed by atoms with Gasteiger partial charge in [0.25, 0.3) is 0 Å². The van der Waals surface area contributed by atoms with Crippen molar-refractivity contribution in [2.45, 2.75) is 6.92 Å². The topological polar surface area (TPSA) is 91.7 Å². The summed E-state index contributed by atoms with van der Waals surface area (Å²) < 4.78 is 0.423. The zero-order chi connectivity index (χ0) is 11.2. The number of fused-ring (bicyclic) bond motifs is 1. The molecule has 0 unspecified atom stereocenters. The first kappa shape index (κ1) is 9.91. The highest BCUT2D eigenvalue weighted by molar-refractivity contribution is 9.10. The Bertz CT molecular complexity index is 659. The number of halogens is 1. The zero-order valence-corrected chi connectivity index (χ0v) is 9.08. The monoisotopic (exact) mass is 269 g/mol. The van der Waals surface area contributed by atoms with Gasteiger partial charge < -0.3 is 4.98 Å². The van der Waals surface area contributed by atoms with Crippen molar-refractivity contribution in [3.63, 3.8) is 0 Å². The predicted molar refractivity (Wildman–Crippen MR) is 51.8 cm³/mol. The molecule has 1 aliphatic rings. The van der Waals surface area contributed by atoms with Gasteiger partial charge in [0.05, 0.1) is 4.60 Å². The Labute approximate surface area is 90.9 Å². The molecule has 0 saturated carbocycles. The number of carbonyl (C=O) groups is 2. The van der Waals surface area contributed by atoms with Gasteiger partial charge in [0, 0.05) is 5.56 Å². The van der Waals surface area contributed by atoms with Gasteiger partial charge in [-0.1, -0.05) is 0 Å². The highest BCUT2D eigenvalue weighted by atomic mass is 79.9. The molecule has 1 N–H and O–H groups in total. The van der Waals surface area contributed by atoms with E-state index >= 15 is 0 Å². The minimum absolute atomic E-state index is 0.0158. The molecule has 7 heteroatoms. The van der Waals surface area contributed by atoms with Gasteiger partial charge in [0.2, 0.25) is 5.43 Å². The zero-order valence-electron chi connectivity index (χ0n) is 7.50. The maximum absolute atomic E-state index is 11.6. The standard InChI is InChI=1S/C8H4BrN3O3/c1-2-4(13)3-6(11-5(2)9)12-8(15)7(14)10-3/h1H3,(H,11,12,15). The van der Waals surface area contributed by atoms with Crippen molar-refractivity contribution in [3.05, 3.63) is 31.2 Å². The second kappa shape index (κ2) is 3.20. The number of amides is 2. The van der Waals surface area contributed by atoms with Crippen molar-refractivity contribution in [2.24, 2.45) is 9.98 Å². The van der Waals surface area contributed by atoms with E-state index in [-0.39, 0.29) is 10.8 Å². The summed E-state index contributed by atoms with van der Waals surface area (Å²) in [6, 6.07) is 0. The molecule has 6 nitrogen and oxygen atoms in total. The third-order valence-electron chi connectivity index (χ3n) is 1.95. The maximum Gasteiger partial charge on any atom is 0.339 e. The van der Waals surface area contributed by atoms with Crippen LogP contribution in [0, 0.1) is 6.92 Å². The van der Waals surface area contributed by atoms with Gasteiger partial charge in [-0.05, 0) is 22.9 Å². The first-order valence-electron chi connectivity index (χ1n) is 3.95. The van der Waals surface area contributed by atoms with Gasteiger partial charge in [0.1, 0.15) is 0 Å². The van der Waals surface area contributed by atoms with E-state index in [0.717, 1.165) is 0 Å². The molecular weight excluding hydrogens is 266 g/mol. The van der Waals surface area contributed by atoms with Crippen LogP contribution >= 0.6 is 15.9 Å². The third kappa shape index (κ3) is 1.44. The second-order valence-corrected chi connectivity index (χ2v) is 3.72. The Balaban J connectivity index is 3.04. The Morgan fingerprint density at radius 2 is 1.73 bits per heavy atom. The molecule has 0 radical (unpaired) electrons. The molecule has 76 valence electrons. The highest BCUT2D eigenvalue weighted by Gasteiger charge is 2.18. The largest absolute Gasteiger partial charge is 0.339 e. The molecule has 2 amide bonds. The Morgan fingerprint density at radius 3 is 2.40 bits per heavy atom. The fraction of sp³-hybridized carbons (Fsp3) is 0.125. The molecule has 0 saturated heterocycles. The van der Waals surface area contributed by atoms with E-state index in [9.17, 15) is 14.4 Å². The number of nitrogens with zero attached hydrogens (tertiary/aromatic N) is 2. The van der Waals surface area contributed by atoms with Crippen molar-refractivity contribution in [2.75, 3.05) is 0 Å². The molecule has 0 fully saturated rings. The van der Waals surface area contributed by atoms with E-state index in [1.54, 1.807) is 6.92 Å². The number of hydrogen-bond donors (Lipinski definition) is 1. The minimum atomic E-state index is -1.02.